The fraction of sp³-hybridized carbons (Fsp3) is 0.737. The van der Waals surface area contributed by atoms with Crippen LogP contribution in [0.4, 0.5) is 0 Å². The van der Waals surface area contributed by atoms with E-state index < -0.39 is 72.2 Å². The number of aliphatic hydroxyl groups excluding tert-OH is 1. The van der Waals surface area contributed by atoms with Gasteiger partial charge in [-0.3, -0.25) is 19.2 Å². The van der Waals surface area contributed by atoms with E-state index in [2.05, 4.69) is 16.0 Å². The number of nitrogens with two attached hydrogens (primary N) is 2. The highest BCUT2D eigenvalue weighted by Crippen LogP contribution is 2.10. The van der Waals surface area contributed by atoms with Crippen molar-refractivity contribution in [1.29, 1.82) is 0 Å². The number of aliphatic carboxylic acids is 1. The summed E-state index contributed by atoms with van der Waals surface area (Å²) < 4.78 is 0. The smallest absolute Gasteiger partial charge is 0.326 e. The molecule has 0 fully saturated rings. The number of carboxylic acids is 1. The van der Waals surface area contributed by atoms with Gasteiger partial charge in [0, 0.05) is 0 Å². The van der Waals surface area contributed by atoms with Crippen molar-refractivity contribution in [3.63, 3.8) is 0 Å². The molecule has 4 amide bonds. The molecule has 6 unspecified atom stereocenters. The first-order valence-electron chi connectivity index (χ1n) is 10.2. The van der Waals surface area contributed by atoms with Crippen molar-refractivity contribution in [3.8, 4) is 0 Å². The second-order valence-electron chi connectivity index (χ2n) is 7.56. The van der Waals surface area contributed by atoms with Crippen molar-refractivity contribution in [2.45, 2.75) is 70.3 Å². The number of hydrogen-bond acceptors (Lipinski definition) is 8. The van der Waals surface area contributed by atoms with Crippen LogP contribution in [0.25, 0.3) is 0 Å². The van der Waals surface area contributed by atoms with E-state index in [1.165, 1.54) is 18.7 Å². The van der Waals surface area contributed by atoms with E-state index >= 15 is 0 Å². The molecule has 184 valence electrons. The van der Waals surface area contributed by atoms with Gasteiger partial charge in [-0.1, -0.05) is 20.3 Å². The van der Waals surface area contributed by atoms with Crippen LogP contribution >= 0.6 is 11.8 Å². The minimum Gasteiger partial charge on any atom is -0.480 e. The van der Waals surface area contributed by atoms with Gasteiger partial charge in [0.15, 0.2) is 0 Å². The summed E-state index contributed by atoms with van der Waals surface area (Å²) in [5, 5.41) is 26.2. The molecule has 0 heterocycles. The largest absolute Gasteiger partial charge is 0.480 e. The third-order valence-corrected chi connectivity index (χ3v) is 5.49. The van der Waals surface area contributed by atoms with Crippen LogP contribution in [-0.2, 0) is 24.0 Å². The van der Waals surface area contributed by atoms with E-state index in [1.54, 1.807) is 13.8 Å². The third kappa shape index (κ3) is 10.3. The molecule has 0 saturated heterocycles. The van der Waals surface area contributed by atoms with Crippen molar-refractivity contribution in [2.75, 3.05) is 12.0 Å². The maximum Gasteiger partial charge on any atom is 0.326 e. The SMILES string of the molecule is CCC(C)C(NC(=O)C(NC(=O)C(N)CCSC)C(C)O)C(=O)NC(CC(N)=O)C(=O)O. The number of carbonyl (C=O) groups excluding carboxylic acids is 4. The van der Waals surface area contributed by atoms with Crippen molar-refractivity contribution in [1.82, 2.24) is 16.0 Å². The average Bonchev–Trinajstić information content (AvgIpc) is 2.71. The van der Waals surface area contributed by atoms with Crippen LogP contribution < -0.4 is 27.4 Å². The first-order chi connectivity index (χ1) is 14.8. The Balaban J connectivity index is 5.45. The van der Waals surface area contributed by atoms with Gasteiger partial charge in [-0.2, -0.15) is 11.8 Å². The molecule has 0 saturated carbocycles. The Morgan fingerprint density at radius 2 is 1.50 bits per heavy atom. The predicted molar refractivity (Wildman–Crippen MR) is 119 cm³/mol. The summed E-state index contributed by atoms with van der Waals surface area (Å²) in [6.07, 6.45) is 0.749. The quantitative estimate of drug-likeness (QED) is 0.137. The third-order valence-electron chi connectivity index (χ3n) is 4.85. The zero-order chi connectivity index (χ0) is 25.0. The molecule has 0 rings (SSSR count). The Labute approximate surface area is 191 Å². The molecule has 6 atom stereocenters. The first kappa shape index (κ1) is 29.6. The molecule has 12 nitrogen and oxygen atoms in total. The van der Waals surface area contributed by atoms with Gasteiger partial charge >= 0.3 is 5.97 Å². The predicted octanol–water partition coefficient (Wildman–Crippen LogP) is -2.09. The summed E-state index contributed by atoms with van der Waals surface area (Å²) in [6, 6.07) is -5.02. The van der Waals surface area contributed by atoms with Gasteiger partial charge in [0.2, 0.25) is 23.6 Å². The van der Waals surface area contributed by atoms with Crippen molar-refractivity contribution < 1.29 is 34.2 Å². The van der Waals surface area contributed by atoms with E-state index in [1.807, 2.05) is 6.26 Å². The van der Waals surface area contributed by atoms with Gasteiger partial charge in [0.25, 0.3) is 0 Å². The molecule has 0 aliphatic heterocycles. The van der Waals surface area contributed by atoms with Gasteiger partial charge < -0.3 is 37.6 Å². The minimum absolute atomic E-state index is 0.371. The van der Waals surface area contributed by atoms with Crippen LogP contribution in [0.1, 0.15) is 40.0 Å². The van der Waals surface area contributed by atoms with E-state index in [4.69, 9.17) is 11.5 Å². The number of carbonyl (C=O) groups is 5. The fourth-order valence-corrected chi connectivity index (χ4v) is 3.14. The van der Waals surface area contributed by atoms with Crippen LogP contribution in [0.15, 0.2) is 0 Å². The van der Waals surface area contributed by atoms with Gasteiger partial charge in [-0.05, 0) is 31.3 Å². The van der Waals surface area contributed by atoms with Gasteiger partial charge in [-0.15, -0.1) is 0 Å². The lowest BCUT2D eigenvalue weighted by Crippen LogP contribution is -2.61. The number of thioether (sulfide) groups is 1. The zero-order valence-corrected chi connectivity index (χ0v) is 19.6. The number of aliphatic hydroxyl groups is 1. The Morgan fingerprint density at radius 1 is 0.969 bits per heavy atom. The summed E-state index contributed by atoms with van der Waals surface area (Å²) in [5.41, 5.74) is 10.8. The van der Waals surface area contributed by atoms with Crippen molar-refractivity contribution in [3.05, 3.63) is 0 Å². The van der Waals surface area contributed by atoms with Crippen LogP contribution in [0.2, 0.25) is 0 Å². The highest BCUT2D eigenvalue weighted by atomic mass is 32.2. The molecular weight excluding hydrogens is 442 g/mol. The summed E-state index contributed by atoms with van der Waals surface area (Å²) >= 11 is 1.50. The van der Waals surface area contributed by atoms with Gasteiger partial charge in [0.05, 0.1) is 18.6 Å². The second-order valence-corrected chi connectivity index (χ2v) is 8.54. The molecule has 13 heteroatoms. The Bertz CT molecular complexity index is 676. The monoisotopic (exact) mass is 477 g/mol. The van der Waals surface area contributed by atoms with Crippen LogP contribution in [-0.4, -0.2) is 82.1 Å². The van der Waals surface area contributed by atoms with Crippen LogP contribution in [0, 0.1) is 5.92 Å². The molecule has 0 aromatic carbocycles. The Morgan fingerprint density at radius 3 is 1.94 bits per heavy atom. The lowest BCUT2D eigenvalue weighted by molar-refractivity contribution is -0.144. The number of rotatable bonds is 15. The zero-order valence-electron chi connectivity index (χ0n) is 18.8. The number of carboxylic acid groups (broad SMARTS) is 1. The molecule has 0 radical (unpaired) electrons. The standard InChI is InChI=1S/C19H35N5O7S/c1-5-9(2)14(17(28)22-12(19(30)31)8-13(21)26)23-18(29)15(10(3)25)24-16(27)11(20)6-7-32-4/h9-12,14-15,25H,5-8,20H2,1-4H3,(H2,21,26)(H,22,28)(H,23,29)(H,24,27)(H,30,31). The molecule has 0 aromatic rings. The highest BCUT2D eigenvalue weighted by molar-refractivity contribution is 7.98. The van der Waals surface area contributed by atoms with Gasteiger partial charge in [-0.25, -0.2) is 4.79 Å². The fourth-order valence-electron chi connectivity index (χ4n) is 2.65. The molecule has 0 aliphatic rings. The van der Waals surface area contributed by atoms with Gasteiger partial charge in [0.1, 0.15) is 18.1 Å². The van der Waals surface area contributed by atoms with E-state index in [0.29, 0.717) is 18.6 Å². The molecule has 9 N–H and O–H groups in total. The second kappa shape index (κ2) is 14.6. The van der Waals surface area contributed by atoms with E-state index in [-0.39, 0.29) is 0 Å². The topological polar surface area (TPSA) is 214 Å². The molecule has 0 bridgehead atoms. The maximum absolute atomic E-state index is 12.8. The summed E-state index contributed by atoms with van der Waals surface area (Å²) in [7, 11) is 0. The molecule has 0 aliphatic carbocycles. The number of amides is 4. The lowest BCUT2D eigenvalue weighted by atomic mass is 9.97. The minimum atomic E-state index is -1.56. The highest BCUT2D eigenvalue weighted by Gasteiger charge is 2.34. The lowest BCUT2D eigenvalue weighted by Gasteiger charge is -2.28. The first-order valence-corrected chi connectivity index (χ1v) is 11.6. The summed E-state index contributed by atoms with van der Waals surface area (Å²) in [6.45, 7) is 4.71. The van der Waals surface area contributed by atoms with Crippen LogP contribution in [0.3, 0.4) is 0 Å². The number of hydrogen-bond donors (Lipinski definition) is 7. The van der Waals surface area contributed by atoms with Crippen molar-refractivity contribution >= 4 is 41.4 Å². The summed E-state index contributed by atoms with van der Waals surface area (Å²) in [4.78, 5) is 60.2. The maximum atomic E-state index is 12.8. The molecular formula is C19H35N5O7S. The summed E-state index contributed by atoms with van der Waals surface area (Å²) in [5.74, 6) is -4.49. The van der Waals surface area contributed by atoms with Crippen molar-refractivity contribution in [2.24, 2.45) is 17.4 Å². The number of primary amides is 1. The van der Waals surface area contributed by atoms with Crippen LogP contribution in [0.5, 0.6) is 0 Å². The molecule has 0 aromatic heterocycles. The molecule has 0 spiro atoms. The van der Waals surface area contributed by atoms with E-state index in [9.17, 15) is 34.2 Å². The Kier molecular flexibility index (Phi) is 13.5. The normalized spacial score (nSPS) is 16.6. The van der Waals surface area contributed by atoms with E-state index in [0.717, 1.165) is 0 Å². The average molecular weight is 478 g/mol. The Hall–Kier alpha value is -2.38. The number of nitrogens with one attached hydrogen (secondary N) is 3. The molecule has 32 heavy (non-hydrogen) atoms.